The Morgan fingerprint density at radius 3 is 2.33 bits per heavy atom. The van der Waals surface area contributed by atoms with Gasteiger partial charge in [-0.05, 0) is 48.5 Å². The van der Waals surface area contributed by atoms with Gasteiger partial charge in [0.15, 0.2) is 0 Å². The molecule has 1 aliphatic heterocycles. The second kappa shape index (κ2) is 7.76. The van der Waals surface area contributed by atoms with E-state index in [9.17, 15) is 4.79 Å². The summed E-state index contributed by atoms with van der Waals surface area (Å²) in [6.45, 7) is 2.97. The molecule has 1 saturated heterocycles. The van der Waals surface area contributed by atoms with Crippen molar-refractivity contribution in [2.24, 2.45) is 0 Å². The van der Waals surface area contributed by atoms with Gasteiger partial charge in [0, 0.05) is 61.0 Å². The Hall–Kier alpha value is -2.92. The third-order valence-electron chi connectivity index (χ3n) is 4.73. The van der Waals surface area contributed by atoms with Crippen LogP contribution in [-0.2, 0) is 0 Å². The quantitative estimate of drug-likeness (QED) is 0.696. The van der Waals surface area contributed by atoms with Crippen molar-refractivity contribution in [3.8, 4) is 11.3 Å². The molecule has 6 heteroatoms. The Kier molecular flexibility index (Phi) is 5.03. The topological polar surface area (TPSA) is 49.3 Å². The van der Waals surface area contributed by atoms with Crippen LogP contribution in [0.2, 0.25) is 5.02 Å². The van der Waals surface area contributed by atoms with E-state index in [1.165, 1.54) is 0 Å². The van der Waals surface area contributed by atoms with E-state index in [-0.39, 0.29) is 5.91 Å². The molecule has 3 aromatic rings. The summed E-state index contributed by atoms with van der Waals surface area (Å²) in [6, 6.07) is 15.3. The molecule has 0 atom stereocenters. The standard InChI is InChI=1S/C21H19ClN4O/c22-18-4-6-19(7-5-18)25-10-12-26(13-11-25)21(27)17-3-8-20(24-15-17)16-2-1-9-23-14-16/h1-9,14-15H,10-13H2. The molecule has 4 rings (SSSR count). The minimum absolute atomic E-state index is 0.0241. The molecule has 27 heavy (non-hydrogen) atoms. The third-order valence-corrected chi connectivity index (χ3v) is 4.98. The fourth-order valence-electron chi connectivity index (χ4n) is 3.21. The van der Waals surface area contributed by atoms with Gasteiger partial charge in [-0.3, -0.25) is 14.8 Å². The third kappa shape index (κ3) is 3.93. The van der Waals surface area contributed by atoms with Crippen molar-refractivity contribution in [1.82, 2.24) is 14.9 Å². The van der Waals surface area contributed by atoms with E-state index in [0.717, 1.165) is 35.1 Å². The average Bonchev–Trinajstić information content (AvgIpc) is 2.75. The maximum absolute atomic E-state index is 12.8. The zero-order chi connectivity index (χ0) is 18.6. The van der Waals surface area contributed by atoms with E-state index in [1.807, 2.05) is 53.4 Å². The van der Waals surface area contributed by atoms with Crippen molar-refractivity contribution in [3.63, 3.8) is 0 Å². The number of benzene rings is 1. The maximum atomic E-state index is 12.8. The summed E-state index contributed by atoms with van der Waals surface area (Å²) in [6.07, 6.45) is 5.14. The molecule has 0 saturated carbocycles. The van der Waals surface area contributed by atoms with Crippen LogP contribution in [-0.4, -0.2) is 47.0 Å². The molecule has 1 fully saturated rings. The molecule has 136 valence electrons. The normalized spacial score (nSPS) is 14.3. The van der Waals surface area contributed by atoms with E-state index in [2.05, 4.69) is 14.9 Å². The number of anilines is 1. The van der Waals surface area contributed by atoms with E-state index >= 15 is 0 Å². The van der Waals surface area contributed by atoms with Gasteiger partial charge in [0.1, 0.15) is 0 Å². The maximum Gasteiger partial charge on any atom is 0.255 e. The Labute approximate surface area is 163 Å². The first-order chi connectivity index (χ1) is 13.2. The molecule has 0 spiro atoms. The van der Waals surface area contributed by atoms with Gasteiger partial charge in [0.05, 0.1) is 11.3 Å². The van der Waals surface area contributed by atoms with Crippen LogP contribution in [0, 0.1) is 0 Å². The number of hydrogen-bond acceptors (Lipinski definition) is 4. The van der Waals surface area contributed by atoms with Crippen LogP contribution in [0.25, 0.3) is 11.3 Å². The van der Waals surface area contributed by atoms with Crippen molar-refractivity contribution >= 4 is 23.2 Å². The van der Waals surface area contributed by atoms with Gasteiger partial charge in [-0.1, -0.05) is 11.6 Å². The number of carbonyl (C=O) groups excluding carboxylic acids is 1. The Bertz CT molecular complexity index is 905. The highest BCUT2D eigenvalue weighted by Crippen LogP contribution is 2.20. The molecule has 5 nitrogen and oxygen atoms in total. The van der Waals surface area contributed by atoms with Crippen molar-refractivity contribution in [2.45, 2.75) is 0 Å². The van der Waals surface area contributed by atoms with Gasteiger partial charge in [-0.25, -0.2) is 0 Å². The minimum Gasteiger partial charge on any atom is -0.368 e. The lowest BCUT2D eigenvalue weighted by molar-refractivity contribution is 0.0746. The highest BCUT2D eigenvalue weighted by molar-refractivity contribution is 6.30. The molecule has 1 aliphatic rings. The molecule has 0 radical (unpaired) electrons. The number of nitrogens with zero attached hydrogens (tertiary/aromatic N) is 4. The number of pyridine rings is 2. The van der Waals surface area contributed by atoms with E-state index < -0.39 is 0 Å². The fourth-order valence-corrected chi connectivity index (χ4v) is 3.33. The summed E-state index contributed by atoms with van der Waals surface area (Å²) >= 11 is 5.95. The van der Waals surface area contributed by atoms with Crippen LogP contribution in [0.15, 0.2) is 67.1 Å². The smallest absolute Gasteiger partial charge is 0.255 e. The van der Waals surface area contributed by atoms with Gasteiger partial charge >= 0.3 is 0 Å². The highest BCUT2D eigenvalue weighted by atomic mass is 35.5. The lowest BCUT2D eigenvalue weighted by Crippen LogP contribution is -2.48. The molecular formula is C21H19ClN4O. The molecule has 2 aromatic heterocycles. The van der Waals surface area contributed by atoms with Gasteiger partial charge in [0.2, 0.25) is 0 Å². The molecule has 0 N–H and O–H groups in total. The minimum atomic E-state index is 0.0241. The number of amides is 1. The summed E-state index contributed by atoms with van der Waals surface area (Å²) < 4.78 is 0. The fraction of sp³-hybridized carbons (Fsp3) is 0.190. The number of hydrogen-bond donors (Lipinski definition) is 0. The van der Waals surface area contributed by atoms with Crippen molar-refractivity contribution in [3.05, 3.63) is 77.7 Å². The summed E-state index contributed by atoms with van der Waals surface area (Å²) in [5.74, 6) is 0.0241. The number of carbonyl (C=O) groups is 1. The van der Waals surface area contributed by atoms with Gasteiger partial charge in [0.25, 0.3) is 5.91 Å². The SMILES string of the molecule is O=C(c1ccc(-c2cccnc2)nc1)N1CCN(c2ccc(Cl)cc2)CC1. The Morgan fingerprint density at radius 2 is 1.70 bits per heavy atom. The second-order valence-corrected chi connectivity index (χ2v) is 6.87. The molecule has 1 amide bonds. The van der Waals surface area contributed by atoms with Gasteiger partial charge in [-0.15, -0.1) is 0 Å². The highest BCUT2D eigenvalue weighted by Gasteiger charge is 2.22. The van der Waals surface area contributed by atoms with Gasteiger partial charge < -0.3 is 9.80 Å². The lowest BCUT2D eigenvalue weighted by atomic mass is 10.1. The molecule has 0 bridgehead atoms. The number of rotatable bonds is 3. The molecule has 0 aliphatic carbocycles. The van der Waals surface area contributed by atoms with Crippen LogP contribution in [0.5, 0.6) is 0 Å². The first-order valence-corrected chi connectivity index (χ1v) is 9.25. The average molecular weight is 379 g/mol. The molecule has 3 heterocycles. The van der Waals surface area contributed by atoms with Crippen molar-refractivity contribution < 1.29 is 4.79 Å². The summed E-state index contributed by atoms with van der Waals surface area (Å²) in [7, 11) is 0. The zero-order valence-electron chi connectivity index (χ0n) is 14.8. The zero-order valence-corrected chi connectivity index (χ0v) is 15.5. The monoisotopic (exact) mass is 378 g/mol. The van der Waals surface area contributed by atoms with Crippen LogP contribution in [0.3, 0.4) is 0 Å². The predicted octanol–water partition coefficient (Wildman–Crippen LogP) is 3.76. The number of aromatic nitrogens is 2. The molecule has 0 unspecified atom stereocenters. The number of halogens is 1. The van der Waals surface area contributed by atoms with Crippen LogP contribution < -0.4 is 4.90 Å². The van der Waals surface area contributed by atoms with Crippen molar-refractivity contribution in [1.29, 1.82) is 0 Å². The lowest BCUT2D eigenvalue weighted by Gasteiger charge is -2.36. The van der Waals surface area contributed by atoms with Crippen LogP contribution in [0.1, 0.15) is 10.4 Å². The van der Waals surface area contributed by atoms with Crippen LogP contribution >= 0.6 is 11.6 Å². The van der Waals surface area contributed by atoms with E-state index in [4.69, 9.17) is 11.6 Å². The Balaban J connectivity index is 1.40. The largest absolute Gasteiger partial charge is 0.368 e. The summed E-state index contributed by atoms with van der Waals surface area (Å²) in [5, 5.41) is 0.731. The molecule has 1 aromatic carbocycles. The van der Waals surface area contributed by atoms with Crippen LogP contribution in [0.4, 0.5) is 5.69 Å². The summed E-state index contributed by atoms with van der Waals surface area (Å²) in [5.41, 5.74) is 3.50. The first-order valence-electron chi connectivity index (χ1n) is 8.87. The molecular weight excluding hydrogens is 360 g/mol. The first kappa shape index (κ1) is 17.5. The number of piperazine rings is 1. The van der Waals surface area contributed by atoms with Gasteiger partial charge in [-0.2, -0.15) is 0 Å². The Morgan fingerprint density at radius 1 is 0.926 bits per heavy atom. The summed E-state index contributed by atoms with van der Waals surface area (Å²) in [4.78, 5) is 25.4. The predicted molar refractivity (Wildman–Crippen MR) is 107 cm³/mol. The second-order valence-electron chi connectivity index (χ2n) is 6.43. The van der Waals surface area contributed by atoms with Crippen molar-refractivity contribution in [2.75, 3.05) is 31.1 Å². The van der Waals surface area contributed by atoms with E-state index in [1.54, 1.807) is 18.6 Å². The van der Waals surface area contributed by atoms with E-state index in [0.29, 0.717) is 18.7 Å².